The van der Waals surface area contributed by atoms with Crippen LogP contribution in [-0.4, -0.2) is 23.2 Å². The zero-order chi connectivity index (χ0) is 18.5. The summed E-state index contributed by atoms with van der Waals surface area (Å²) in [5, 5.41) is 14.7. The summed E-state index contributed by atoms with van der Waals surface area (Å²) in [7, 11) is 1.56. The van der Waals surface area contributed by atoms with Gasteiger partial charge in [0.2, 0.25) is 0 Å². The molecule has 3 aromatic rings. The molecule has 132 valence electrons. The van der Waals surface area contributed by atoms with Crippen LogP contribution in [0.2, 0.25) is 10.0 Å². The molecule has 1 heterocycles. The van der Waals surface area contributed by atoms with Crippen molar-refractivity contribution < 1.29 is 9.53 Å². The van der Waals surface area contributed by atoms with Gasteiger partial charge in [-0.05, 0) is 42.5 Å². The molecule has 3 rings (SSSR count). The first kappa shape index (κ1) is 18.0. The summed E-state index contributed by atoms with van der Waals surface area (Å²) in [6, 6.07) is 15.3. The van der Waals surface area contributed by atoms with Gasteiger partial charge in [-0.2, -0.15) is 0 Å². The van der Waals surface area contributed by atoms with Crippen LogP contribution in [0.5, 0.6) is 5.75 Å². The van der Waals surface area contributed by atoms with Gasteiger partial charge in [0.05, 0.1) is 23.4 Å². The third-order valence-corrected chi connectivity index (χ3v) is 4.01. The minimum atomic E-state index is -0.359. The Balaban J connectivity index is 1.72. The number of hydrogen-bond donors (Lipinski definition) is 2. The smallest absolute Gasteiger partial charge is 0.258 e. The minimum Gasteiger partial charge on any atom is -0.495 e. The fourth-order valence-corrected chi connectivity index (χ4v) is 2.60. The second-order valence-electron chi connectivity index (χ2n) is 5.21. The highest BCUT2D eigenvalue weighted by atomic mass is 35.5. The van der Waals surface area contributed by atoms with Crippen LogP contribution in [0, 0.1) is 0 Å². The van der Waals surface area contributed by atoms with Crippen molar-refractivity contribution in [3.63, 3.8) is 0 Å². The second kappa shape index (κ2) is 8.03. The van der Waals surface area contributed by atoms with Crippen LogP contribution in [0.4, 0.5) is 17.3 Å². The molecular weight excluding hydrogens is 375 g/mol. The van der Waals surface area contributed by atoms with Gasteiger partial charge in [0.1, 0.15) is 5.75 Å². The number of nitrogens with one attached hydrogen (secondary N) is 2. The average molecular weight is 389 g/mol. The van der Waals surface area contributed by atoms with Crippen molar-refractivity contribution in [3.05, 3.63) is 70.2 Å². The van der Waals surface area contributed by atoms with Crippen LogP contribution < -0.4 is 15.4 Å². The van der Waals surface area contributed by atoms with E-state index in [0.29, 0.717) is 38.7 Å². The number of carbonyl (C=O) groups is 1. The zero-order valence-electron chi connectivity index (χ0n) is 13.7. The van der Waals surface area contributed by atoms with E-state index < -0.39 is 0 Å². The number of nitrogens with zero attached hydrogens (tertiary/aromatic N) is 2. The number of rotatable bonds is 5. The number of halogens is 2. The molecule has 2 N–H and O–H groups in total. The normalized spacial score (nSPS) is 10.3. The van der Waals surface area contributed by atoms with Crippen LogP contribution in [0.3, 0.4) is 0 Å². The summed E-state index contributed by atoms with van der Waals surface area (Å²) in [5.74, 6) is 1.04. The third kappa shape index (κ3) is 4.22. The zero-order valence-corrected chi connectivity index (χ0v) is 15.2. The van der Waals surface area contributed by atoms with E-state index in [1.807, 2.05) is 0 Å². The average Bonchev–Trinajstić information content (AvgIpc) is 2.64. The van der Waals surface area contributed by atoms with Gasteiger partial charge >= 0.3 is 0 Å². The number of hydrogen-bond acceptors (Lipinski definition) is 5. The summed E-state index contributed by atoms with van der Waals surface area (Å²) < 4.78 is 5.27. The van der Waals surface area contributed by atoms with Gasteiger partial charge in [0.25, 0.3) is 5.91 Å². The molecule has 0 aliphatic rings. The second-order valence-corrected chi connectivity index (χ2v) is 6.05. The Labute approximate surface area is 160 Å². The molecule has 0 saturated carbocycles. The lowest BCUT2D eigenvalue weighted by Gasteiger charge is -2.11. The SMILES string of the molecule is COc1ccc(Cl)cc1Nc1ccc(NC(=O)c2ccccc2Cl)nn1. The number of benzene rings is 2. The van der Waals surface area contributed by atoms with Gasteiger partial charge in [-0.15, -0.1) is 10.2 Å². The van der Waals surface area contributed by atoms with Crippen molar-refractivity contribution in [1.29, 1.82) is 0 Å². The summed E-state index contributed by atoms with van der Waals surface area (Å²) in [6.45, 7) is 0. The van der Waals surface area contributed by atoms with Crippen molar-refractivity contribution >= 4 is 46.4 Å². The predicted molar refractivity (Wildman–Crippen MR) is 103 cm³/mol. The van der Waals surface area contributed by atoms with E-state index in [0.717, 1.165) is 0 Å². The molecule has 1 aromatic heterocycles. The maximum absolute atomic E-state index is 12.2. The number of methoxy groups -OCH3 is 1. The van der Waals surface area contributed by atoms with E-state index in [9.17, 15) is 4.79 Å². The molecule has 2 aromatic carbocycles. The molecule has 0 saturated heterocycles. The third-order valence-electron chi connectivity index (χ3n) is 3.45. The Morgan fingerprint density at radius 1 is 1.00 bits per heavy atom. The van der Waals surface area contributed by atoms with Crippen LogP contribution in [0.25, 0.3) is 0 Å². The van der Waals surface area contributed by atoms with Crippen LogP contribution >= 0.6 is 23.2 Å². The van der Waals surface area contributed by atoms with Gasteiger partial charge in [-0.1, -0.05) is 35.3 Å². The molecule has 1 amide bonds. The maximum atomic E-state index is 12.2. The highest BCUT2D eigenvalue weighted by molar-refractivity contribution is 6.34. The Morgan fingerprint density at radius 3 is 2.42 bits per heavy atom. The number of ether oxygens (including phenoxy) is 1. The number of carbonyl (C=O) groups excluding carboxylic acids is 1. The summed E-state index contributed by atoms with van der Waals surface area (Å²) in [5.41, 5.74) is 1.02. The number of aromatic nitrogens is 2. The van der Waals surface area contributed by atoms with Crippen LogP contribution in [0.15, 0.2) is 54.6 Å². The number of amides is 1. The highest BCUT2D eigenvalue weighted by Gasteiger charge is 2.11. The van der Waals surface area contributed by atoms with E-state index >= 15 is 0 Å². The van der Waals surface area contributed by atoms with Crippen LogP contribution in [0.1, 0.15) is 10.4 Å². The monoisotopic (exact) mass is 388 g/mol. The van der Waals surface area contributed by atoms with E-state index in [1.54, 1.807) is 61.7 Å². The topological polar surface area (TPSA) is 76.1 Å². The summed E-state index contributed by atoms with van der Waals surface area (Å²) in [4.78, 5) is 12.2. The Bertz CT molecular complexity index is 933. The standard InChI is InChI=1S/C18H14Cl2N4O2/c1-26-15-7-6-11(19)10-14(15)21-16-8-9-17(24-23-16)22-18(25)12-4-2-3-5-13(12)20/h2-10H,1H3,(H,21,23)(H,22,24,25). The van der Waals surface area contributed by atoms with Crippen LogP contribution in [-0.2, 0) is 0 Å². The lowest BCUT2D eigenvalue weighted by molar-refractivity contribution is 0.102. The lowest BCUT2D eigenvalue weighted by atomic mass is 10.2. The van der Waals surface area contributed by atoms with E-state index in [4.69, 9.17) is 27.9 Å². The summed E-state index contributed by atoms with van der Waals surface area (Å²) in [6.07, 6.45) is 0. The first-order valence-electron chi connectivity index (χ1n) is 7.57. The molecule has 0 spiro atoms. The fourth-order valence-electron chi connectivity index (χ4n) is 2.21. The lowest BCUT2D eigenvalue weighted by Crippen LogP contribution is -2.14. The molecular formula is C18H14Cl2N4O2. The molecule has 0 fully saturated rings. The molecule has 0 unspecified atom stereocenters. The minimum absolute atomic E-state index is 0.304. The van der Waals surface area contributed by atoms with Gasteiger partial charge in [-0.25, -0.2) is 0 Å². The first-order chi connectivity index (χ1) is 12.6. The molecule has 0 aliphatic carbocycles. The van der Waals surface area contributed by atoms with Crippen molar-refractivity contribution in [1.82, 2.24) is 10.2 Å². The van der Waals surface area contributed by atoms with Gasteiger partial charge < -0.3 is 15.4 Å². The summed E-state index contributed by atoms with van der Waals surface area (Å²) >= 11 is 12.0. The molecule has 6 nitrogen and oxygen atoms in total. The fraction of sp³-hybridized carbons (Fsp3) is 0.0556. The van der Waals surface area contributed by atoms with Gasteiger partial charge in [0, 0.05) is 5.02 Å². The predicted octanol–water partition coefficient (Wildman–Crippen LogP) is 4.79. The molecule has 8 heteroatoms. The van der Waals surface area contributed by atoms with E-state index in [1.165, 1.54) is 0 Å². The first-order valence-corrected chi connectivity index (χ1v) is 8.32. The molecule has 0 atom stereocenters. The van der Waals surface area contributed by atoms with Gasteiger partial charge in [0.15, 0.2) is 11.6 Å². The largest absolute Gasteiger partial charge is 0.495 e. The van der Waals surface area contributed by atoms with Crippen molar-refractivity contribution in [2.75, 3.05) is 17.7 Å². The highest BCUT2D eigenvalue weighted by Crippen LogP contribution is 2.29. The molecule has 0 radical (unpaired) electrons. The quantitative estimate of drug-likeness (QED) is 0.656. The molecule has 0 bridgehead atoms. The number of anilines is 3. The molecule has 0 aliphatic heterocycles. The Morgan fingerprint density at radius 2 is 1.73 bits per heavy atom. The van der Waals surface area contributed by atoms with E-state index in [2.05, 4.69) is 20.8 Å². The van der Waals surface area contributed by atoms with E-state index in [-0.39, 0.29) is 5.91 Å². The van der Waals surface area contributed by atoms with Gasteiger partial charge in [-0.3, -0.25) is 4.79 Å². The Hall–Kier alpha value is -2.83. The van der Waals surface area contributed by atoms with Crippen molar-refractivity contribution in [3.8, 4) is 5.75 Å². The maximum Gasteiger partial charge on any atom is 0.258 e. The molecule has 26 heavy (non-hydrogen) atoms. The van der Waals surface area contributed by atoms with Crippen molar-refractivity contribution in [2.24, 2.45) is 0 Å². The Kier molecular flexibility index (Phi) is 5.55. The van der Waals surface area contributed by atoms with Crippen molar-refractivity contribution in [2.45, 2.75) is 0 Å².